The van der Waals surface area contributed by atoms with Crippen LogP contribution in [0.4, 0.5) is 0 Å². The third-order valence-corrected chi connectivity index (χ3v) is 4.56. The van der Waals surface area contributed by atoms with Crippen LogP contribution >= 0.6 is 0 Å². The molecule has 1 N–H and O–H groups in total. The summed E-state index contributed by atoms with van der Waals surface area (Å²) < 4.78 is 0. The van der Waals surface area contributed by atoms with Crippen LogP contribution in [0.25, 0.3) is 0 Å². The van der Waals surface area contributed by atoms with Crippen LogP contribution in [0.5, 0.6) is 0 Å². The quantitative estimate of drug-likeness (QED) is 0.889. The molecule has 2 heteroatoms. The highest BCUT2D eigenvalue weighted by molar-refractivity contribution is 5.37. The number of rotatable bonds is 2. The van der Waals surface area contributed by atoms with Gasteiger partial charge in [-0.2, -0.15) is 0 Å². The number of aryl methyl sites for hydroxylation is 3. The maximum absolute atomic E-state index is 3.55. The Balaban J connectivity index is 2.23. The van der Waals surface area contributed by atoms with Gasteiger partial charge in [-0.1, -0.05) is 38.5 Å². The van der Waals surface area contributed by atoms with Crippen LogP contribution in [0.3, 0.4) is 0 Å². The molecule has 20 heavy (non-hydrogen) atoms. The number of nitrogens with one attached hydrogen (secondary N) is 1. The molecule has 2 nitrogen and oxygen atoms in total. The molecule has 1 saturated heterocycles. The van der Waals surface area contributed by atoms with Crippen molar-refractivity contribution in [2.24, 2.45) is 5.41 Å². The molecule has 0 amide bonds. The van der Waals surface area contributed by atoms with E-state index >= 15 is 0 Å². The first kappa shape index (κ1) is 15.5. The van der Waals surface area contributed by atoms with Crippen molar-refractivity contribution >= 4 is 0 Å². The van der Waals surface area contributed by atoms with Crippen LogP contribution in [-0.4, -0.2) is 30.6 Å². The molecule has 1 aromatic rings. The van der Waals surface area contributed by atoms with Gasteiger partial charge in [0, 0.05) is 32.2 Å². The predicted molar refractivity (Wildman–Crippen MR) is 87.2 cm³/mol. The first-order valence-electron chi connectivity index (χ1n) is 7.80. The maximum atomic E-state index is 3.55. The van der Waals surface area contributed by atoms with E-state index in [1.54, 1.807) is 0 Å². The molecule has 2 rings (SSSR count). The molecule has 1 atom stereocenters. The summed E-state index contributed by atoms with van der Waals surface area (Å²) in [6, 6.07) is 5.24. The van der Waals surface area contributed by atoms with Gasteiger partial charge in [-0.25, -0.2) is 0 Å². The summed E-state index contributed by atoms with van der Waals surface area (Å²) in [7, 11) is 0. The van der Waals surface area contributed by atoms with Crippen LogP contribution in [-0.2, 0) is 6.54 Å². The fraction of sp³-hybridized carbons (Fsp3) is 0.667. The van der Waals surface area contributed by atoms with Gasteiger partial charge in [-0.15, -0.1) is 0 Å². The van der Waals surface area contributed by atoms with Crippen LogP contribution in [0.1, 0.15) is 43.0 Å². The standard InChI is InChI=1S/C18H30N2/c1-13-9-14(2)16(15(3)10-13)12-20-8-7-19-11-17(20)18(4,5)6/h9-10,17,19H,7-8,11-12H2,1-6H3. The van der Waals surface area contributed by atoms with E-state index in [2.05, 4.69) is 63.9 Å². The smallest absolute Gasteiger partial charge is 0.0273 e. The van der Waals surface area contributed by atoms with E-state index in [0.717, 1.165) is 26.2 Å². The number of piperazine rings is 1. The highest BCUT2D eigenvalue weighted by Crippen LogP contribution is 2.28. The van der Waals surface area contributed by atoms with Crippen molar-refractivity contribution in [1.29, 1.82) is 0 Å². The van der Waals surface area contributed by atoms with Crippen molar-refractivity contribution in [3.8, 4) is 0 Å². The summed E-state index contributed by atoms with van der Waals surface area (Å²) in [5.74, 6) is 0. The van der Waals surface area contributed by atoms with Gasteiger partial charge >= 0.3 is 0 Å². The summed E-state index contributed by atoms with van der Waals surface area (Å²) in [6.07, 6.45) is 0. The lowest BCUT2D eigenvalue weighted by atomic mass is 9.84. The Bertz CT molecular complexity index is 448. The third kappa shape index (κ3) is 3.42. The van der Waals surface area contributed by atoms with Gasteiger partial charge in [0.15, 0.2) is 0 Å². The zero-order valence-electron chi connectivity index (χ0n) is 14.0. The summed E-state index contributed by atoms with van der Waals surface area (Å²) >= 11 is 0. The Kier molecular flexibility index (Phi) is 4.55. The fourth-order valence-corrected chi connectivity index (χ4v) is 3.45. The van der Waals surface area contributed by atoms with Crippen LogP contribution in [0.15, 0.2) is 12.1 Å². The number of hydrogen-bond acceptors (Lipinski definition) is 2. The van der Waals surface area contributed by atoms with Crippen LogP contribution in [0.2, 0.25) is 0 Å². The molecule has 0 aliphatic carbocycles. The Morgan fingerprint density at radius 2 is 1.75 bits per heavy atom. The Morgan fingerprint density at radius 3 is 2.30 bits per heavy atom. The Morgan fingerprint density at radius 1 is 1.15 bits per heavy atom. The largest absolute Gasteiger partial charge is 0.314 e. The SMILES string of the molecule is Cc1cc(C)c(CN2CCNCC2C(C)(C)C)c(C)c1. The molecule has 0 radical (unpaired) electrons. The molecule has 1 heterocycles. The van der Waals surface area contributed by atoms with E-state index in [1.165, 1.54) is 22.3 Å². The Hall–Kier alpha value is -0.860. The molecule has 1 unspecified atom stereocenters. The van der Waals surface area contributed by atoms with Gasteiger partial charge < -0.3 is 5.32 Å². The van der Waals surface area contributed by atoms with Gasteiger partial charge in [0.05, 0.1) is 0 Å². The monoisotopic (exact) mass is 274 g/mol. The van der Waals surface area contributed by atoms with E-state index in [0.29, 0.717) is 11.5 Å². The summed E-state index contributed by atoms with van der Waals surface area (Å²) in [5.41, 5.74) is 6.09. The highest BCUT2D eigenvalue weighted by atomic mass is 15.2. The summed E-state index contributed by atoms with van der Waals surface area (Å²) in [5, 5.41) is 3.55. The van der Waals surface area contributed by atoms with Crippen molar-refractivity contribution < 1.29 is 0 Å². The topological polar surface area (TPSA) is 15.3 Å². The van der Waals surface area contributed by atoms with Crippen molar-refractivity contribution in [3.63, 3.8) is 0 Å². The second-order valence-corrected chi connectivity index (χ2v) is 7.43. The average molecular weight is 274 g/mol. The van der Waals surface area contributed by atoms with Crippen molar-refractivity contribution in [2.75, 3.05) is 19.6 Å². The third-order valence-electron chi connectivity index (χ3n) is 4.56. The van der Waals surface area contributed by atoms with Gasteiger partial charge in [0.1, 0.15) is 0 Å². The van der Waals surface area contributed by atoms with Gasteiger partial charge in [0.2, 0.25) is 0 Å². The van der Waals surface area contributed by atoms with Crippen LogP contribution in [0, 0.1) is 26.2 Å². The molecule has 0 aromatic heterocycles. The molecular formula is C18H30N2. The highest BCUT2D eigenvalue weighted by Gasteiger charge is 2.32. The predicted octanol–water partition coefficient (Wildman–Crippen LogP) is 3.43. The molecule has 1 aliphatic heterocycles. The lowest BCUT2D eigenvalue weighted by molar-refractivity contribution is 0.0686. The zero-order chi connectivity index (χ0) is 14.9. The second kappa shape index (κ2) is 5.87. The van der Waals surface area contributed by atoms with E-state index in [1.807, 2.05) is 0 Å². The van der Waals surface area contributed by atoms with E-state index in [9.17, 15) is 0 Å². The lowest BCUT2D eigenvalue weighted by Gasteiger charge is -2.44. The molecule has 112 valence electrons. The second-order valence-electron chi connectivity index (χ2n) is 7.43. The minimum Gasteiger partial charge on any atom is -0.314 e. The maximum Gasteiger partial charge on any atom is 0.0273 e. The number of benzene rings is 1. The van der Waals surface area contributed by atoms with Crippen LogP contribution < -0.4 is 5.32 Å². The van der Waals surface area contributed by atoms with E-state index in [4.69, 9.17) is 0 Å². The molecule has 1 fully saturated rings. The number of hydrogen-bond donors (Lipinski definition) is 1. The molecule has 0 spiro atoms. The molecule has 1 aromatic carbocycles. The molecular weight excluding hydrogens is 244 g/mol. The van der Waals surface area contributed by atoms with E-state index in [-0.39, 0.29) is 0 Å². The summed E-state index contributed by atoms with van der Waals surface area (Å²) in [6.45, 7) is 18.2. The molecule has 0 saturated carbocycles. The minimum atomic E-state index is 0.319. The van der Waals surface area contributed by atoms with Crippen molar-refractivity contribution in [2.45, 2.75) is 54.1 Å². The van der Waals surface area contributed by atoms with Crippen molar-refractivity contribution in [3.05, 3.63) is 34.4 Å². The first-order chi connectivity index (χ1) is 9.29. The number of nitrogens with zero attached hydrogens (tertiary/aromatic N) is 1. The normalized spacial score (nSPS) is 21.2. The zero-order valence-corrected chi connectivity index (χ0v) is 14.0. The van der Waals surface area contributed by atoms with Gasteiger partial charge in [0.25, 0.3) is 0 Å². The molecule has 0 bridgehead atoms. The minimum absolute atomic E-state index is 0.319. The van der Waals surface area contributed by atoms with Gasteiger partial charge in [-0.3, -0.25) is 4.90 Å². The fourth-order valence-electron chi connectivity index (χ4n) is 3.45. The lowest BCUT2D eigenvalue weighted by Crippen LogP contribution is -2.56. The average Bonchev–Trinajstić information content (AvgIpc) is 2.33. The summed E-state index contributed by atoms with van der Waals surface area (Å²) in [4.78, 5) is 2.67. The van der Waals surface area contributed by atoms with Crippen molar-refractivity contribution in [1.82, 2.24) is 10.2 Å². The Labute approximate surface area is 124 Å². The first-order valence-corrected chi connectivity index (χ1v) is 7.80. The van der Waals surface area contributed by atoms with Gasteiger partial charge in [-0.05, 0) is 42.9 Å². The van der Waals surface area contributed by atoms with E-state index < -0.39 is 0 Å². The molecule has 1 aliphatic rings.